The maximum Gasteiger partial charge on any atom is 0.191 e. The Morgan fingerprint density at radius 3 is 2.75 bits per heavy atom. The molecule has 9 heteroatoms. The van der Waals surface area contributed by atoms with E-state index in [9.17, 15) is 0 Å². The molecule has 1 aromatic carbocycles. The first-order valence-corrected chi connectivity index (χ1v) is 9.61. The Labute approximate surface area is 190 Å². The van der Waals surface area contributed by atoms with Crippen molar-refractivity contribution >= 4 is 51.5 Å². The molecule has 0 amide bonds. The van der Waals surface area contributed by atoms with E-state index < -0.39 is 0 Å². The summed E-state index contributed by atoms with van der Waals surface area (Å²) in [5, 5.41) is 15.0. The highest BCUT2D eigenvalue weighted by Crippen LogP contribution is 2.24. The van der Waals surface area contributed by atoms with E-state index in [2.05, 4.69) is 41.8 Å². The van der Waals surface area contributed by atoms with Crippen LogP contribution in [0.1, 0.15) is 12.7 Å². The number of fused-ring (bicyclic) bond motifs is 1. The molecule has 7 nitrogen and oxygen atoms in total. The van der Waals surface area contributed by atoms with E-state index in [-0.39, 0.29) is 30.1 Å². The molecule has 0 spiro atoms. The summed E-state index contributed by atoms with van der Waals surface area (Å²) < 4.78 is 8.87. The van der Waals surface area contributed by atoms with Gasteiger partial charge in [-0.3, -0.25) is 9.39 Å². The fourth-order valence-electron chi connectivity index (χ4n) is 2.61. The molecular weight excluding hydrogens is 535 g/mol. The number of pyridine rings is 1. The third-order valence-electron chi connectivity index (χ3n) is 3.97. The van der Waals surface area contributed by atoms with Crippen molar-refractivity contribution in [3.05, 3.63) is 59.0 Å². The van der Waals surface area contributed by atoms with E-state index in [1.54, 1.807) is 7.05 Å². The molecule has 0 saturated carbocycles. The topological polar surface area (TPSA) is 75.8 Å². The number of benzene rings is 1. The first kappa shape index (κ1) is 22.4. The molecule has 2 aromatic heterocycles. The molecule has 0 aliphatic heterocycles. The molecule has 0 saturated heterocycles. The summed E-state index contributed by atoms with van der Waals surface area (Å²) in [5.74, 6) is 2.47. The number of ether oxygens (including phenoxy) is 1. The van der Waals surface area contributed by atoms with Gasteiger partial charge < -0.3 is 15.4 Å². The van der Waals surface area contributed by atoms with Crippen molar-refractivity contribution in [3.63, 3.8) is 0 Å². The van der Waals surface area contributed by atoms with Crippen LogP contribution < -0.4 is 15.4 Å². The molecule has 28 heavy (non-hydrogen) atoms. The average molecular weight is 559 g/mol. The van der Waals surface area contributed by atoms with E-state index in [1.165, 1.54) is 0 Å². The second-order valence-electron chi connectivity index (χ2n) is 6.03. The second-order valence-corrected chi connectivity index (χ2v) is 6.89. The van der Waals surface area contributed by atoms with Crippen molar-refractivity contribution in [1.29, 1.82) is 0 Å². The quantitative estimate of drug-likeness (QED) is 0.264. The number of aliphatic imine (C=N–C) groups is 1. The van der Waals surface area contributed by atoms with Gasteiger partial charge in [0.05, 0.1) is 11.0 Å². The van der Waals surface area contributed by atoms with Gasteiger partial charge in [0, 0.05) is 26.2 Å². The van der Waals surface area contributed by atoms with Crippen molar-refractivity contribution < 1.29 is 4.74 Å². The lowest BCUT2D eigenvalue weighted by Gasteiger charge is -2.18. The predicted molar refractivity (Wildman–Crippen MR) is 126 cm³/mol. The lowest BCUT2D eigenvalue weighted by molar-refractivity contribution is 0.222. The van der Waals surface area contributed by atoms with Gasteiger partial charge >= 0.3 is 0 Å². The maximum atomic E-state index is 5.94. The number of aromatic nitrogens is 3. The van der Waals surface area contributed by atoms with Crippen molar-refractivity contribution in [2.45, 2.75) is 19.4 Å². The predicted octanol–water partition coefficient (Wildman–Crippen LogP) is 3.28. The molecule has 0 bridgehead atoms. The Balaban J connectivity index is 0.00000280. The van der Waals surface area contributed by atoms with Crippen LogP contribution in [0.25, 0.3) is 5.65 Å². The van der Waals surface area contributed by atoms with E-state index in [1.807, 2.05) is 60.0 Å². The number of nitrogens with one attached hydrogen (secondary N) is 2. The highest BCUT2D eigenvalue weighted by Gasteiger charge is 2.09. The molecule has 0 aliphatic rings. The Bertz CT molecular complexity index is 916. The number of para-hydroxylation sites is 1. The lowest BCUT2D eigenvalue weighted by Crippen LogP contribution is -2.42. The van der Waals surface area contributed by atoms with Crippen molar-refractivity contribution in [3.8, 4) is 5.75 Å². The van der Waals surface area contributed by atoms with Gasteiger partial charge in [0.1, 0.15) is 17.7 Å². The Hall–Kier alpha value is -1.88. The van der Waals surface area contributed by atoms with Crippen LogP contribution >= 0.6 is 39.9 Å². The summed E-state index contributed by atoms with van der Waals surface area (Å²) >= 11 is 3.49. The van der Waals surface area contributed by atoms with Gasteiger partial charge in [0.25, 0.3) is 0 Å². The lowest BCUT2D eigenvalue weighted by atomic mass is 10.3. The fraction of sp³-hybridized carbons (Fsp3) is 0.316. The highest BCUT2D eigenvalue weighted by atomic mass is 127. The molecule has 1 atom stereocenters. The zero-order valence-corrected chi connectivity index (χ0v) is 19.7. The van der Waals surface area contributed by atoms with Gasteiger partial charge in [-0.1, -0.05) is 18.2 Å². The minimum atomic E-state index is -0.0114. The van der Waals surface area contributed by atoms with E-state index >= 15 is 0 Å². The number of hydrogen-bond donors (Lipinski definition) is 2. The summed E-state index contributed by atoms with van der Waals surface area (Å²) in [4.78, 5) is 4.25. The van der Waals surface area contributed by atoms with E-state index in [4.69, 9.17) is 4.74 Å². The minimum absolute atomic E-state index is 0. The number of rotatable bonds is 7. The summed E-state index contributed by atoms with van der Waals surface area (Å²) in [6.45, 7) is 3.35. The minimum Gasteiger partial charge on any atom is -0.488 e. The van der Waals surface area contributed by atoms with Gasteiger partial charge in [-0.05, 0) is 47.1 Å². The molecule has 2 N–H and O–H groups in total. The number of halogens is 2. The molecule has 0 fully saturated rings. The van der Waals surface area contributed by atoms with Gasteiger partial charge in [0.15, 0.2) is 11.6 Å². The molecule has 0 radical (unpaired) electrons. The Morgan fingerprint density at radius 1 is 1.18 bits per heavy atom. The number of guanidine groups is 1. The third kappa shape index (κ3) is 6.06. The van der Waals surface area contributed by atoms with Gasteiger partial charge in [-0.15, -0.1) is 34.2 Å². The van der Waals surface area contributed by atoms with Crippen molar-refractivity contribution in [2.75, 3.05) is 20.1 Å². The maximum absolute atomic E-state index is 5.94. The molecule has 3 aromatic rings. The smallest absolute Gasteiger partial charge is 0.191 e. The highest BCUT2D eigenvalue weighted by molar-refractivity contribution is 14.0. The standard InChI is InChI=1S/C19H23BrN6O.HI/c1-14(27-16-8-4-3-7-15(16)20)13-23-19(21-2)22-11-10-18-25-24-17-9-5-6-12-26(17)18;/h3-9,12,14H,10-11,13H2,1-2H3,(H2,21,22,23);1H. The van der Waals surface area contributed by atoms with E-state index in [0.29, 0.717) is 13.1 Å². The monoisotopic (exact) mass is 558 g/mol. The molecule has 2 heterocycles. The zero-order chi connectivity index (χ0) is 19.1. The average Bonchev–Trinajstić information content (AvgIpc) is 3.09. The normalized spacial score (nSPS) is 12.3. The zero-order valence-electron chi connectivity index (χ0n) is 15.8. The van der Waals surface area contributed by atoms with Gasteiger partial charge in [-0.25, -0.2) is 0 Å². The summed E-state index contributed by atoms with van der Waals surface area (Å²) in [6.07, 6.45) is 2.70. The first-order valence-electron chi connectivity index (χ1n) is 8.81. The SMILES string of the molecule is CN=C(NCCc1nnc2ccccn12)NCC(C)Oc1ccccc1Br.I. The van der Waals surface area contributed by atoms with Crippen LogP contribution in [0.3, 0.4) is 0 Å². The summed E-state index contributed by atoms with van der Waals surface area (Å²) in [7, 11) is 1.75. The second kappa shape index (κ2) is 11.2. The van der Waals surface area contributed by atoms with Gasteiger partial charge in [-0.2, -0.15) is 0 Å². The number of nitrogens with zero attached hydrogens (tertiary/aromatic N) is 4. The first-order chi connectivity index (χ1) is 13.2. The van der Waals surface area contributed by atoms with Crippen LogP contribution in [-0.4, -0.2) is 46.8 Å². The molecule has 150 valence electrons. The largest absolute Gasteiger partial charge is 0.488 e. The van der Waals surface area contributed by atoms with Crippen molar-refractivity contribution in [2.24, 2.45) is 4.99 Å². The Kier molecular flexibility index (Phi) is 8.97. The van der Waals surface area contributed by atoms with Crippen LogP contribution in [0, 0.1) is 0 Å². The molecular formula is C19H24BrIN6O. The molecule has 1 unspecified atom stereocenters. The molecule has 3 rings (SSSR count). The van der Waals surface area contributed by atoms with Crippen LogP contribution in [0.15, 0.2) is 58.1 Å². The van der Waals surface area contributed by atoms with Gasteiger partial charge in [0.2, 0.25) is 0 Å². The summed E-state index contributed by atoms with van der Waals surface area (Å²) in [6, 6.07) is 13.7. The van der Waals surface area contributed by atoms with Crippen LogP contribution in [-0.2, 0) is 6.42 Å². The molecule has 0 aliphatic carbocycles. The summed E-state index contributed by atoms with van der Waals surface area (Å²) in [5.41, 5.74) is 0.855. The van der Waals surface area contributed by atoms with Crippen LogP contribution in [0.2, 0.25) is 0 Å². The van der Waals surface area contributed by atoms with Crippen LogP contribution in [0.4, 0.5) is 0 Å². The number of hydrogen-bond acceptors (Lipinski definition) is 4. The Morgan fingerprint density at radius 2 is 1.96 bits per heavy atom. The van der Waals surface area contributed by atoms with Crippen molar-refractivity contribution in [1.82, 2.24) is 25.2 Å². The van der Waals surface area contributed by atoms with Crippen LogP contribution in [0.5, 0.6) is 5.75 Å². The van der Waals surface area contributed by atoms with E-state index in [0.717, 1.165) is 34.1 Å². The fourth-order valence-corrected chi connectivity index (χ4v) is 2.99. The third-order valence-corrected chi connectivity index (χ3v) is 4.63.